The van der Waals surface area contributed by atoms with E-state index >= 15 is 0 Å². The number of benzene rings is 3. The standard InChI is InChI=1S/C31H34N4O3S/c1-21(2)16-17-32-29(37)25-14-12-24(13-15-25)19-35-30(38)26-6-4-5-7-27(26)34-31(35)39-20-28(36)33-18-23-10-8-22(3)9-11-23/h4-15,21H,16-20H2,1-3H3,(H,32,37)(H,33,36). The molecule has 4 rings (SSSR count). The van der Waals surface area contributed by atoms with Crippen molar-refractivity contribution < 1.29 is 9.59 Å². The second-order valence-corrected chi connectivity index (χ2v) is 10.9. The summed E-state index contributed by atoms with van der Waals surface area (Å²) < 4.78 is 1.60. The summed E-state index contributed by atoms with van der Waals surface area (Å²) in [6, 6.07) is 22.5. The maximum absolute atomic E-state index is 13.4. The Morgan fingerprint density at radius 1 is 0.923 bits per heavy atom. The molecule has 202 valence electrons. The number of hydrogen-bond acceptors (Lipinski definition) is 5. The second kappa shape index (κ2) is 13.2. The SMILES string of the molecule is Cc1ccc(CNC(=O)CSc2nc3ccccc3c(=O)n2Cc2ccc(C(=O)NCCC(C)C)cc2)cc1. The molecule has 7 nitrogen and oxygen atoms in total. The van der Waals surface area contributed by atoms with Gasteiger partial charge in [0, 0.05) is 18.7 Å². The fourth-order valence-electron chi connectivity index (χ4n) is 4.01. The van der Waals surface area contributed by atoms with Crippen LogP contribution in [0.15, 0.2) is 82.7 Å². The van der Waals surface area contributed by atoms with Crippen LogP contribution < -0.4 is 16.2 Å². The van der Waals surface area contributed by atoms with Gasteiger partial charge in [0.2, 0.25) is 5.91 Å². The third kappa shape index (κ3) is 7.80. The van der Waals surface area contributed by atoms with Crippen LogP contribution in [0.1, 0.15) is 47.3 Å². The molecule has 3 aromatic carbocycles. The van der Waals surface area contributed by atoms with E-state index in [1.54, 1.807) is 28.8 Å². The molecule has 8 heteroatoms. The maximum atomic E-state index is 13.4. The van der Waals surface area contributed by atoms with Crippen molar-refractivity contribution in [3.8, 4) is 0 Å². The molecule has 39 heavy (non-hydrogen) atoms. The maximum Gasteiger partial charge on any atom is 0.262 e. The molecular formula is C31H34N4O3S. The van der Waals surface area contributed by atoms with Gasteiger partial charge in [-0.3, -0.25) is 19.0 Å². The third-order valence-electron chi connectivity index (χ3n) is 6.33. The first-order chi connectivity index (χ1) is 18.8. The van der Waals surface area contributed by atoms with Gasteiger partial charge in [0.1, 0.15) is 0 Å². The highest BCUT2D eigenvalue weighted by molar-refractivity contribution is 7.99. The number of nitrogens with one attached hydrogen (secondary N) is 2. The van der Waals surface area contributed by atoms with Crippen molar-refractivity contribution in [2.75, 3.05) is 12.3 Å². The summed E-state index contributed by atoms with van der Waals surface area (Å²) in [4.78, 5) is 43.2. The number of fused-ring (bicyclic) bond motifs is 1. The Balaban J connectivity index is 1.48. The van der Waals surface area contributed by atoms with E-state index in [9.17, 15) is 14.4 Å². The summed E-state index contributed by atoms with van der Waals surface area (Å²) in [5, 5.41) is 6.87. The van der Waals surface area contributed by atoms with Gasteiger partial charge in [-0.15, -0.1) is 0 Å². The number of para-hydroxylation sites is 1. The quantitative estimate of drug-likeness (QED) is 0.207. The van der Waals surface area contributed by atoms with Crippen LogP contribution in [-0.4, -0.2) is 33.7 Å². The molecule has 0 fully saturated rings. The molecule has 0 saturated heterocycles. The van der Waals surface area contributed by atoms with E-state index in [0.717, 1.165) is 17.5 Å². The van der Waals surface area contributed by atoms with Crippen LogP contribution in [0.4, 0.5) is 0 Å². The summed E-state index contributed by atoms with van der Waals surface area (Å²) in [7, 11) is 0. The molecule has 0 aliphatic rings. The smallest absolute Gasteiger partial charge is 0.262 e. The first-order valence-corrected chi connectivity index (χ1v) is 14.1. The van der Waals surface area contributed by atoms with Crippen LogP contribution in [0.25, 0.3) is 10.9 Å². The van der Waals surface area contributed by atoms with E-state index in [2.05, 4.69) is 24.5 Å². The Morgan fingerprint density at radius 2 is 1.62 bits per heavy atom. The number of rotatable bonds is 11. The topological polar surface area (TPSA) is 93.1 Å². The van der Waals surface area contributed by atoms with Crippen LogP contribution >= 0.6 is 11.8 Å². The number of aryl methyl sites for hydroxylation is 1. The summed E-state index contributed by atoms with van der Waals surface area (Å²) >= 11 is 1.24. The predicted molar refractivity (Wildman–Crippen MR) is 157 cm³/mol. The van der Waals surface area contributed by atoms with Crippen LogP contribution in [0, 0.1) is 12.8 Å². The second-order valence-electron chi connectivity index (χ2n) is 9.99. The van der Waals surface area contributed by atoms with Crippen molar-refractivity contribution >= 4 is 34.5 Å². The normalized spacial score (nSPS) is 11.1. The van der Waals surface area contributed by atoms with Gasteiger partial charge in [0.05, 0.1) is 23.2 Å². The molecule has 2 amide bonds. The lowest BCUT2D eigenvalue weighted by Gasteiger charge is -2.14. The van der Waals surface area contributed by atoms with Gasteiger partial charge < -0.3 is 10.6 Å². The largest absolute Gasteiger partial charge is 0.352 e. The number of carbonyl (C=O) groups excluding carboxylic acids is 2. The van der Waals surface area contributed by atoms with Crippen LogP contribution in [0.3, 0.4) is 0 Å². The number of amides is 2. The van der Waals surface area contributed by atoms with Gasteiger partial charge in [0.25, 0.3) is 11.5 Å². The fourth-order valence-corrected chi connectivity index (χ4v) is 4.83. The van der Waals surface area contributed by atoms with Crippen molar-refractivity contribution in [1.29, 1.82) is 0 Å². The summed E-state index contributed by atoms with van der Waals surface area (Å²) in [6.07, 6.45) is 0.923. The molecule has 0 unspecified atom stereocenters. The highest BCUT2D eigenvalue weighted by Gasteiger charge is 2.14. The Bertz CT molecular complexity index is 1500. The van der Waals surface area contributed by atoms with Gasteiger partial charge >= 0.3 is 0 Å². The van der Waals surface area contributed by atoms with Crippen LogP contribution in [-0.2, 0) is 17.9 Å². The number of carbonyl (C=O) groups is 2. The van der Waals surface area contributed by atoms with Gasteiger partial charge in [-0.1, -0.05) is 79.7 Å². The Hall–Kier alpha value is -3.91. The first kappa shape index (κ1) is 28.1. The summed E-state index contributed by atoms with van der Waals surface area (Å²) in [5.74, 6) is 0.404. The average molecular weight is 543 g/mol. The van der Waals surface area contributed by atoms with Gasteiger partial charge in [-0.25, -0.2) is 4.98 Å². The summed E-state index contributed by atoms with van der Waals surface area (Å²) in [6.45, 7) is 7.61. The number of nitrogens with zero attached hydrogens (tertiary/aromatic N) is 2. The van der Waals surface area contributed by atoms with Crippen molar-refractivity contribution in [2.45, 2.75) is 45.4 Å². The number of hydrogen-bond donors (Lipinski definition) is 2. The third-order valence-corrected chi connectivity index (χ3v) is 7.31. The zero-order valence-corrected chi connectivity index (χ0v) is 23.4. The minimum absolute atomic E-state index is 0.111. The van der Waals surface area contributed by atoms with Crippen LogP contribution in [0.5, 0.6) is 0 Å². The fraction of sp³-hybridized carbons (Fsp3) is 0.290. The number of thioether (sulfide) groups is 1. The molecular weight excluding hydrogens is 508 g/mol. The van der Waals surface area contributed by atoms with Crippen molar-refractivity contribution in [1.82, 2.24) is 20.2 Å². The molecule has 0 aliphatic carbocycles. The van der Waals surface area contributed by atoms with E-state index in [4.69, 9.17) is 4.98 Å². The van der Waals surface area contributed by atoms with E-state index < -0.39 is 0 Å². The molecule has 2 N–H and O–H groups in total. The molecule has 1 aromatic heterocycles. The zero-order valence-electron chi connectivity index (χ0n) is 22.6. The average Bonchev–Trinajstić information content (AvgIpc) is 2.93. The lowest BCUT2D eigenvalue weighted by molar-refractivity contribution is -0.118. The van der Waals surface area contributed by atoms with Crippen molar-refractivity contribution in [3.05, 3.63) is 105 Å². The minimum atomic E-state index is -0.168. The monoisotopic (exact) mass is 542 g/mol. The lowest BCUT2D eigenvalue weighted by Crippen LogP contribution is -2.27. The molecule has 1 heterocycles. The molecule has 0 radical (unpaired) electrons. The molecule has 0 spiro atoms. The van der Waals surface area contributed by atoms with E-state index in [1.807, 2.05) is 55.5 Å². The van der Waals surface area contributed by atoms with Crippen LogP contribution in [0.2, 0.25) is 0 Å². The lowest BCUT2D eigenvalue weighted by atomic mass is 10.1. The minimum Gasteiger partial charge on any atom is -0.352 e. The van der Waals surface area contributed by atoms with Crippen molar-refractivity contribution in [3.63, 3.8) is 0 Å². The van der Waals surface area contributed by atoms with Gasteiger partial charge in [-0.2, -0.15) is 0 Å². The predicted octanol–water partition coefficient (Wildman–Crippen LogP) is 4.94. The molecule has 0 atom stereocenters. The Kier molecular flexibility index (Phi) is 9.54. The Morgan fingerprint density at radius 3 is 2.33 bits per heavy atom. The van der Waals surface area contributed by atoms with Gasteiger partial charge in [-0.05, 0) is 54.7 Å². The highest BCUT2D eigenvalue weighted by Crippen LogP contribution is 2.19. The van der Waals surface area contributed by atoms with Gasteiger partial charge in [0.15, 0.2) is 5.16 Å². The molecule has 0 bridgehead atoms. The van der Waals surface area contributed by atoms with E-state index in [-0.39, 0.29) is 29.7 Å². The molecule has 4 aromatic rings. The molecule has 0 saturated carbocycles. The Labute approximate surface area is 233 Å². The summed E-state index contributed by atoms with van der Waals surface area (Å²) in [5.41, 5.74) is 4.05. The van der Waals surface area contributed by atoms with E-state index in [0.29, 0.717) is 40.6 Å². The first-order valence-electron chi connectivity index (χ1n) is 13.1. The zero-order chi connectivity index (χ0) is 27.8. The highest BCUT2D eigenvalue weighted by atomic mass is 32.2. The van der Waals surface area contributed by atoms with Crippen molar-refractivity contribution in [2.24, 2.45) is 5.92 Å². The molecule has 0 aliphatic heterocycles. The number of aromatic nitrogens is 2. The van der Waals surface area contributed by atoms with E-state index in [1.165, 1.54) is 17.3 Å².